The predicted octanol–water partition coefficient (Wildman–Crippen LogP) is -2.11. The summed E-state index contributed by atoms with van der Waals surface area (Å²) in [6, 6.07) is -1.04. The summed E-state index contributed by atoms with van der Waals surface area (Å²) in [5.41, 5.74) is 0. The second kappa shape index (κ2) is 5.58. The van der Waals surface area contributed by atoms with Crippen molar-refractivity contribution in [2.75, 3.05) is 29.4 Å². The number of rotatable bonds is 6. The maximum absolute atomic E-state index is 12.0. The number of aliphatic carboxylic acids is 1. The smallest absolute Gasteiger partial charge is 0.318 e. The first kappa shape index (κ1) is 17.3. The van der Waals surface area contributed by atoms with Crippen LogP contribution in [0.25, 0.3) is 0 Å². The van der Waals surface area contributed by atoms with Gasteiger partial charge in [-0.15, -0.1) is 0 Å². The molecule has 9 nitrogen and oxygen atoms in total. The molecule has 1 unspecified atom stereocenters. The van der Waals surface area contributed by atoms with Crippen LogP contribution in [0.2, 0.25) is 0 Å². The number of carboxylic acids is 1. The summed E-state index contributed by atoms with van der Waals surface area (Å²) in [6.45, 7) is -0.960. The normalized spacial score (nSPS) is 23.0. The Kier molecular flexibility index (Phi) is 4.83. The average molecular weight is 349 g/mol. The molecule has 1 fully saturated rings. The largest absolute Gasteiger partial charge is 0.480 e. The van der Waals surface area contributed by atoms with E-state index in [1.807, 2.05) is 0 Å². The van der Waals surface area contributed by atoms with Crippen LogP contribution in [0, 0.1) is 0 Å². The van der Waals surface area contributed by atoms with E-state index < -0.39 is 59.1 Å². The van der Waals surface area contributed by atoms with Crippen LogP contribution in [-0.4, -0.2) is 76.1 Å². The Morgan fingerprint density at radius 2 is 1.85 bits per heavy atom. The number of hydrogen-bond donors (Lipinski definition) is 1. The molecule has 20 heavy (non-hydrogen) atoms. The average Bonchev–Trinajstić information content (AvgIpc) is 2.50. The molecule has 0 saturated carbocycles. The van der Waals surface area contributed by atoms with Gasteiger partial charge in [-0.2, -0.15) is 4.31 Å². The quantitative estimate of drug-likeness (QED) is 0.574. The lowest BCUT2D eigenvalue weighted by molar-refractivity contribution is -0.137. The third-order valence-corrected chi connectivity index (χ3v) is 8.42. The van der Waals surface area contributed by atoms with Gasteiger partial charge in [0.1, 0.15) is 6.54 Å². The van der Waals surface area contributed by atoms with E-state index in [1.54, 1.807) is 0 Å². The fraction of sp³-hybridized carbons (Fsp3) is 0.875. The lowest BCUT2D eigenvalue weighted by atomic mass is 10.2. The zero-order valence-electron chi connectivity index (χ0n) is 10.6. The van der Waals surface area contributed by atoms with Crippen molar-refractivity contribution in [3.8, 4) is 0 Å². The van der Waals surface area contributed by atoms with E-state index in [4.69, 9.17) is 5.11 Å². The third kappa shape index (κ3) is 5.00. The number of hydrogen-bond acceptors (Lipinski definition) is 7. The van der Waals surface area contributed by atoms with Crippen LogP contribution in [0.15, 0.2) is 0 Å². The highest BCUT2D eigenvalue weighted by molar-refractivity contribution is 8.06. The predicted molar refractivity (Wildman–Crippen MR) is 70.0 cm³/mol. The number of carboxylic acid groups (broad SMARTS) is 1. The second-order valence-electron chi connectivity index (χ2n) is 4.65. The minimum absolute atomic E-state index is 0.0431. The monoisotopic (exact) mass is 349 g/mol. The molecule has 1 saturated heterocycles. The van der Waals surface area contributed by atoms with Gasteiger partial charge >= 0.3 is 5.97 Å². The molecule has 0 aromatic rings. The zero-order chi connectivity index (χ0) is 15.8. The molecule has 0 radical (unpaired) electrons. The zero-order valence-corrected chi connectivity index (χ0v) is 13.0. The molecule has 0 amide bonds. The van der Waals surface area contributed by atoms with Crippen molar-refractivity contribution in [1.82, 2.24) is 4.31 Å². The SMILES string of the molecule is CS(=O)(=O)CS(=O)(=O)N(CC(=O)O)C1CCS(=O)(=O)C1. The molecule has 1 aliphatic rings. The van der Waals surface area contributed by atoms with Crippen LogP contribution in [0.4, 0.5) is 0 Å². The Balaban J connectivity index is 3.10. The Hall–Kier alpha value is -0.720. The maximum Gasteiger partial charge on any atom is 0.318 e. The van der Waals surface area contributed by atoms with Gasteiger partial charge in [-0.05, 0) is 6.42 Å². The lowest BCUT2D eigenvalue weighted by Crippen LogP contribution is -2.46. The second-order valence-corrected chi connectivity index (χ2v) is 11.3. The highest BCUT2D eigenvalue weighted by Gasteiger charge is 2.40. The van der Waals surface area contributed by atoms with Gasteiger partial charge in [-0.1, -0.05) is 0 Å². The lowest BCUT2D eigenvalue weighted by Gasteiger charge is -2.25. The van der Waals surface area contributed by atoms with Crippen molar-refractivity contribution in [3.05, 3.63) is 0 Å². The first-order chi connectivity index (χ1) is 8.82. The van der Waals surface area contributed by atoms with Crippen molar-refractivity contribution in [2.45, 2.75) is 12.5 Å². The van der Waals surface area contributed by atoms with Gasteiger partial charge in [-0.3, -0.25) is 4.79 Å². The van der Waals surface area contributed by atoms with Gasteiger partial charge in [0, 0.05) is 12.3 Å². The molecule has 1 rings (SSSR count). The summed E-state index contributed by atoms with van der Waals surface area (Å²) in [5, 5.41) is 7.48. The van der Waals surface area contributed by atoms with Crippen LogP contribution in [0.5, 0.6) is 0 Å². The molecule has 0 aromatic heterocycles. The van der Waals surface area contributed by atoms with Gasteiger partial charge in [-0.25, -0.2) is 25.3 Å². The number of sulfone groups is 2. The fourth-order valence-electron chi connectivity index (χ4n) is 1.93. The van der Waals surface area contributed by atoms with E-state index in [0.717, 1.165) is 0 Å². The Labute approximate surface area is 117 Å². The van der Waals surface area contributed by atoms with E-state index in [9.17, 15) is 30.0 Å². The van der Waals surface area contributed by atoms with Crippen molar-refractivity contribution in [1.29, 1.82) is 0 Å². The highest BCUT2D eigenvalue weighted by atomic mass is 32.3. The summed E-state index contributed by atoms with van der Waals surface area (Å²) >= 11 is 0. The van der Waals surface area contributed by atoms with Crippen LogP contribution >= 0.6 is 0 Å². The molecule has 0 bridgehead atoms. The van der Waals surface area contributed by atoms with Gasteiger partial charge in [0.25, 0.3) is 0 Å². The standard InChI is InChI=1S/C8H15NO8S3/c1-18(12,13)6-20(16,17)9(4-8(10)11)7-2-3-19(14,15)5-7/h7H,2-6H2,1H3,(H,10,11). The van der Waals surface area contributed by atoms with Crippen LogP contribution < -0.4 is 0 Å². The number of sulfonamides is 1. The molecule has 0 aliphatic carbocycles. The molecule has 0 spiro atoms. The van der Waals surface area contributed by atoms with Gasteiger partial charge in [0.15, 0.2) is 24.8 Å². The van der Waals surface area contributed by atoms with Gasteiger partial charge in [0.05, 0.1) is 11.5 Å². The first-order valence-electron chi connectivity index (χ1n) is 5.42. The van der Waals surface area contributed by atoms with Crippen LogP contribution in [-0.2, 0) is 34.5 Å². The minimum atomic E-state index is -4.41. The topological polar surface area (TPSA) is 143 Å². The first-order valence-corrected chi connectivity index (χ1v) is 10.9. The summed E-state index contributed by atoms with van der Waals surface area (Å²) in [6.07, 6.45) is 0.660. The maximum atomic E-state index is 12.0. The molecule has 12 heteroatoms. The highest BCUT2D eigenvalue weighted by Crippen LogP contribution is 2.21. The van der Waals surface area contributed by atoms with Crippen molar-refractivity contribution >= 4 is 35.7 Å². The summed E-state index contributed by atoms with van der Waals surface area (Å²) in [7, 11) is -11.7. The molecule has 118 valence electrons. The van der Waals surface area contributed by atoms with Gasteiger partial charge in [0.2, 0.25) is 10.0 Å². The Morgan fingerprint density at radius 3 is 2.20 bits per heavy atom. The third-order valence-electron chi connectivity index (χ3n) is 2.63. The Bertz CT molecular complexity index is 690. The number of nitrogens with zero attached hydrogens (tertiary/aromatic N) is 1. The molecule has 1 N–H and O–H groups in total. The van der Waals surface area contributed by atoms with E-state index in [-0.39, 0.29) is 12.2 Å². The van der Waals surface area contributed by atoms with Gasteiger partial charge < -0.3 is 5.11 Å². The fourth-order valence-corrected chi connectivity index (χ4v) is 7.40. The molecular formula is C8H15NO8S3. The van der Waals surface area contributed by atoms with E-state index in [0.29, 0.717) is 10.6 Å². The van der Waals surface area contributed by atoms with Crippen molar-refractivity contribution in [2.24, 2.45) is 0 Å². The summed E-state index contributed by atoms with van der Waals surface area (Å²) in [5.74, 6) is -2.22. The van der Waals surface area contributed by atoms with Crippen LogP contribution in [0.1, 0.15) is 6.42 Å². The number of carbonyl (C=O) groups is 1. The summed E-state index contributed by atoms with van der Waals surface area (Å²) < 4.78 is 69.3. The van der Waals surface area contributed by atoms with E-state index >= 15 is 0 Å². The van der Waals surface area contributed by atoms with Crippen LogP contribution in [0.3, 0.4) is 0 Å². The molecule has 1 atom stereocenters. The Morgan fingerprint density at radius 1 is 1.30 bits per heavy atom. The van der Waals surface area contributed by atoms with Crippen molar-refractivity contribution < 1.29 is 35.2 Å². The van der Waals surface area contributed by atoms with E-state index in [1.165, 1.54) is 0 Å². The molecule has 1 heterocycles. The molecular weight excluding hydrogens is 334 g/mol. The summed E-state index contributed by atoms with van der Waals surface area (Å²) in [4.78, 5) is 10.7. The van der Waals surface area contributed by atoms with Crippen molar-refractivity contribution in [3.63, 3.8) is 0 Å². The van der Waals surface area contributed by atoms with E-state index in [2.05, 4.69) is 0 Å². The molecule has 1 aliphatic heterocycles. The minimum Gasteiger partial charge on any atom is -0.480 e. The molecule has 0 aromatic carbocycles.